The van der Waals surface area contributed by atoms with E-state index < -0.39 is 83.6 Å². The summed E-state index contributed by atoms with van der Waals surface area (Å²) in [6.07, 6.45) is 42.5. The molecule has 0 amide bonds. The number of unbranched alkanes of at least 4 members (excludes halogenated alkanes) is 22. The molecule has 0 fully saturated rings. The van der Waals surface area contributed by atoms with Gasteiger partial charge in [0.1, 0.15) is 0 Å². The Hall–Kier alpha value is -3.00. The first kappa shape index (κ1) is 125. The van der Waals surface area contributed by atoms with E-state index in [1.807, 2.05) is 22.7 Å². The van der Waals surface area contributed by atoms with Crippen molar-refractivity contribution in [2.45, 2.75) is 439 Å². The van der Waals surface area contributed by atoms with Gasteiger partial charge in [0.2, 0.25) is 0 Å². The Kier molecular flexibility index (Phi) is 59.1. The maximum Gasteiger partial charge on any atom is 1.00 e. The molecule has 0 N–H and O–H groups in total. The van der Waals surface area contributed by atoms with Crippen LogP contribution in [-0.4, -0.2) is 83.0 Å². The van der Waals surface area contributed by atoms with E-state index in [-0.39, 0.29) is 36.1 Å². The first-order valence-corrected chi connectivity index (χ1v) is 75.9. The van der Waals surface area contributed by atoms with Crippen LogP contribution in [0.15, 0.2) is 32.5 Å². The van der Waals surface area contributed by atoms with Crippen LogP contribution >= 0.6 is 99.9 Å². The SMILES string of the molecule is CC(=O)OC(C)=O.CC(=O)OC(C)=O.CCCCCCc1c([Si](C)(C)C)sc(-c2sc([Si](C)(C)C)c(CCCCCC)c2Br)c1Br.CCCCCCc1c([Si](C)(C)C)sc2c1c(=O)n(CCCCCC)c(=O)c1c(CCCCCC)c([Si](C)(C)C)sc12.CCCCCCc1c([Si](C)(C)C)sc2c1c(=O)oc(=O)c1c(CCCCCC)c([Si](C)(C)C)sc12.O=C=O.[CH2-]CCC.[Li+]. The zero-order valence-corrected chi connectivity index (χ0v) is 100. The Morgan fingerprint density at radius 2 is 0.515 bits per heavy atom. The van der Waals surface area contributed by atoms with Crippen molar-refractivity contribution in [1.82, 2.24) is 4.57 Å². The standard InChI is InChI=1S/C34H57NO2S2Si2.C28H44O3S2Si2.C26H44Br2S2Si2.2C4H6O3.C4H9.CO2.Li/c1-10-13-16-19-22-25-27-29(38-33(25)40(4,5)6)30-28(32(37)35(31(27)36)24-21-18-15-12-3)26(23-20-17-14-11-2)34(39-30)41(7,8)9;1-9-11-13-15-17-19-21-23(32-27(19)34(3,4)5)24-22(26(30)31-25(21)29)20(18-16-14-12-10-2)28(33-24)35(6,7)8;1-9-11-13-15-17-19-21(27)23(29-25(19)31(3,4)5)24-22(28)20(18-16-14-12-10-2)26(30-24)32(6,7)8;2*1-3(5)7-4(2)6;1-3-4-2;2-1-3;/h10-24H2,1-9H3;9-18H2,1-8H3;9-18H2,1-8H3;2*1-2H3;1,3-4H2,2H3;;/q;;;;;-1;;+1. The molecule has 8 rings (SSSR count). The van der Waals surface area contributed by atoms with Gasteiger partial charge in [0, 0.05) is 43.2 Å². The van der Waals surface area contributed by atoms with E-state index in [2.05, 4.69) is 244 Å². The summed E-state index contributed by atoms with van der Waals surface area (Å²) < 4.78 is 31.5. The second-order valence-corrected chi connectivity index (χ2v) is 80.4. The minimum atomic E-state index is -1.70. The summed E-state index contributed by atoms with van der Waals surface area (Å²) >= 11 is 19.8. The number of carbonyl (C=O) groups excluding carboxylic acids is 6. The second-order valence-electron chi connectivity index (χ2n) is 40.5. The first-order valence-electron chi connectivity index (χ1n) is 48.4. The van der Waals surface area contributed by atoms with Crippen molar-refractivity contribution < 1.29 is 61.5 Å². The fraction of sp³-hybridized carbons (Fsp3) is 0.663. The predicted octanol–water partition coefficient (Wildman–Crippen LogP) is 25.9. The zero-order valence-electron chi connectivity index (χ0n) is 86.3. The number of carbonyl (C=O) groups is 4. The average Bonchev–Trinajstić information content (AvgIpc) is 1.59. The number of aryl methyl sites for hydroxylation is 4. The van der Waals surface area contributed by atoms with Crippen molar-refractivity contribution in [3.05, 3.63) is 90.8 Å². The Balaban J connectivity index is 0.000000875. The van der Waals surface area contributed by atoms with Crippen molar-refractivity contribution >= 4 is 246 Å². The summed E-state index contributed by atoms with van der Waals surface area (Å²) in [6, 6.07) is 0. The van der Waals surface area contributed by atoms with Gasteiger partial charge in [0.05, 0.1) is 98.5 Å². The van der Waals surface area contributed by atoms with Gasteiger partial charge in [-0.05, 0) is 176 Å². The number of thiophene rings is 6. The molecule has 14 nitrogen and oxygen atoms in total. The molecule has 8 aromatic rings. The fourth-order valence-corrected chi connectivity index (χ4v) is 41.3. The maximum atomic E-state index is 14.6. The van der Waals surface area contributed by atoms with Gasteiger partial charge in [-0.25, -0.2) is 9.59 Å². The molecule has 0 unspecified atom stereocenters. The molecule has 0 spiro atoms. The van der Waals surface area contributed by atoms with E-state index >= 15 is 0 Å². The Morgan fingerprint density at radius 1 is 0.323 bits per heavy atom. The molecule has 0 aliphatic carbocycles. The van der Waals surface area contributed by atoms with E-state index in [4.69, 9.17) is 14.0 Å². The molecule has 728 valence electrons. The number of hydrogen-bond donors (Lipinski definition) is 0. The second kappa shape index (κ2) is 61.4. The Labute approximate surface area is 842 Å². The van der Waals surface area contributed by atoms with Crippen LogP contribution in [0, 0.1) is 6.92 Å². The number of aromatic nitrogens is 1. The monoisotopic (exact) mass is 2130 g/mol. The average molecular weight is 2130 g/mol. The summed E-state index contributed by atoms with van der Waals surface area (Å²) in [5.41, 5.74) is 7.31. The zero-order chi connectivity index (χ0) is 98.3. The Morgan fingerprint density at radius 3 is 0.708 bits per heavy atom. The quantitative estimate of drug-likeness (QED) is 0.0115. The maximum absolute atomic E-state index is 14.6. The largest absolute Gasteiger partial charge is 1.00 e. The molecular weight excluding hydrogens is 1960 g/mol. The van der Waals surface area contributed by atoms with Crippen LogP contribution in [0.1, 0.15) is 309 Å². The third kappa shape index (κ3) is 39.7. The number of halogens is 2. The molecule has 0 radical (unpaired) electrons. The van der Waals surface area contributed by atoms with Gasteiger partial charge >= 0.3 is 60.1 Å². The summed E-state index contributed by atoms with van der Waals surface area (Å²) in [7, 11) is -9.55. The predicted molar refractivity (Wildman–Crippen MR) is 592 cm³/mol. The van der Waals surface area contributed by atoms with Gasteiger partial charge in [0.25, 0.3) is 11.1 Å². The van der Waals surface area contributed by atoms with Gasteiger partial charge < -0.3 is 20.8 Å². The topological polar surface area (TPSA) is 207 Å². The first-order chi connectivity index (χ1) is 60.3. The van der Waals surface area contributed by atoms with Crippen LogP contribution in [0.2, 0.25) is 118 Å². The van der Waals surface area contributed by atoms with E-state index in [9.17, 15) is 38.4 Å². The summed E-state index contributed by atoms with van der Waals surface area (Å²) in [5.74, 6) is -2.25. The number of hydrogen-bond acceptors (Lipinski definition) is 19. The van der Waals surface area contributed by atoms with Crippen molar-refractivity contribution in [3.8, 4) is 9.75 Å². The molecule has 29 heteroatoms. The molecule has 0 aliphatic heterocycles. The molecule has 0 saturated heterocycles. The number of fused-ring (bicyclic) bond motifs is 6. The van der Waals surface area contributed by atoms with Crippen molar-refractivity contribution in [2.75, 3.05) is 0 Å². The van der Waals surface area contributed by atoms with Crippen LogP contribution in [-0.2, 0) is 83.3 Å². The molecule has 0 saturated carbocycles. The van der Waals surface area contributed by atoms with E-state index in [0.29, 0.717) is 17.3 Å². The van der Waals surface area contributed by atoms with Gasteiger partial charge in [-0.2, -0.15) is 16.0 Å². The summed E-state index contributed by atoms with van der Waals surface area (Å²) in [6.45, 7) is 70.6. The van der Waals surface area contributed by atoms with Crippen molar-refractivity contribution in [2.24, 2.45) is 0 Å². The third-order valence-corrected chi connectivity index (χ3v) is 53.9. The van der Waals surface area contributed by atoms with Crippen LogP contribution in [0.4, 0.5) is 0 Å². The molecule has 8 aromatic heterocycles. The fourth-order valence-electron chi connectivity index (χ4n) is 15.8. The van der Waals surface area contributed by atoms with Gasteiger partial charge in [-0.3, -0.25) is 33.3 Å². The normalized spacial score (nSPS) is 11.7. The molecule has 0 bridgehead atoms. The number of nitrogens with zero attached hydrogens (tertiary/aromatic N) is 1. The van der Waals surface area contributed by atoms with Crippen LogP contribution in [0.3, 0.4) is 0 Å². The summed E-state index contributed by atoms with van der Waals surface area (Å²) in [5, 5.41) is 3.20. The smallest absolute Gasteiger partial charge is 0.394 e. The molecule has 130 heavy (non-hydrogen) atoms. The van der Waals surface area contributed by atoms with E-state index in [1.54, 1.807) is 47.4 Å². The number of ether oxygens (including phenoxy) is 2. The number of rotatable bonds is 43. The van der Waals surface area contributed by atoms with Crippen molar-refractivity contribution in [3.63, 3.8) is 0 Å². The molecule has 0 aliphatic rings. The minimum Gasteiger partial charge on any atom is -0.394 e. The van der Waals surface area contributed by atoms with Crippen LogP contribution < -0.4 is 68.2 Å². The van der Waals surface area contributed by atoms with Gasteiger partial charge in [0.15, 0.2) is 0 Å². The number of esters is 4. The van der Waals surface area contributed by atoms with E-state index in [0.717, 1.165) is 113 Å². The third-order valence-electron chi connectivity index (χ3n) is 22.0. The van der Waals surface area contributed by atoms with Crippen LogP contribution in [0.5, 0.6) is 0 Å². The molecule has 0 atom stereocenters. The molecule has 0 aromatic carbocycles. The summed E-state index contributed by atoms with van der Waals surface area (Å²) in [4.78, 5) is 114. The van der Waals surface area contributed by atoms with E-state index in [1.165, 1.54) is 234 Å². The molecular formula is C101H166Br2LiNO13S6Si6. The van der Waals surface area contributed by atoms with Crippen molar-refractivity contribution in [1.29, 1.82) is 0 Å². The van der Waals surface area contributed by atoms with Gasteiger partial charge in [-0.1, -0.05) is 314 Å². The molecule has 8 heterocycles. The van der Waals surface area contributed by atoms with Gasteiger partial charge in [-0.15, -0.1) is 68.0 Å². The van der Waals surface area contributed by atoms with Crippen LogP contribution in [0.25, 0.3) is 50.1 Å². The minimum absolute atomic E-state index is 0. The Bertz CT molecular complexity index is 4820.